The van der Waals surface area contributed by atoms with Crippen molar-refractivity contribution in [3.8, 4) is 11.5 Å². The summed E-state index contributed by atoms with van der Waals surface area (Å²) in [6.45, 7) is 6.76. The van der Waals surface area contributed by atoms with E-state index in [1.54, 1.807) is 0 Å². The van der Waals surface area contributed by atoms with Gasteiger partial charge < -0.3 is 9.05 Å². The van der Waals surface area contributed by atoms with Crippen LogP contribution in [0.5, 0.6) is 11.5 Å². The van der Waals surface area contributed by atoms with Crippen LogP contribution in [-0.4, -0.2) is 0 Å². The first-order chi connectivity index (χ1) is 12.5. The second-order valence-electron chi connectivity index (χ2n) is 7.43. The molecule has 26 heavy (non-hydrogen) atoms. The summed E-state index contributed by atoms with van der Waals surface area (Å²) in [6.07, 6.45) is 0.971. The number of para-hydroxylation sites is 2. The van der Waals surface area contributed by atoms with E-state index in [-0.39, 0.29) is 5.41 Å². The van der Waals surface area contributed by atoms with Crippen molar-refractivity contribution in [3.63, 3.8) is 0 Å². The topological polar surface area (TPSA) is 18.5 Å². The van der Waals surface area contributed by atoms with Crippen molar-refractivity contribution >= 4 is 13.7 Å². The lowest BCUT2D eigenvalue weighted by Gasteiger charge is -2.24. The SMILES string of the molecule is CC(C)(C)Cc1ccccc1P(Oc1ccccc1)Oc1ccccc1. The van der Waals surface area contributed by atoms with Crippen LogP contribution in [0.1, 0.15) is 26.3 Å². The van der Waals surface area contributed by atoms with Crippen molar-refractivity contribution in [2.24, 2.45) is 5.41 Å². The van der Waals surface area contributed by atoms with Gasteiger partial charge in [0.1, 0.15) is 11.5 Å². The van der Waals surface area contributed by atoms with E-state index in [0.717, 1.165) is 23.2 Å². The van der Waals surface area contributed by atoms with Gasteiger partial charge in [0.2, 0.25) is 0 Å². The molecule has 0 fully saturated rings. The van der Waals surface area contributed by atoms with Crippen molar-refractivity contribution in [3.05, 3.63) is 90.5 Å². The molecule has 0 unspecified atom stereocenters. The quantitative estimate of drug-likeness (QED) is 0.473. The number of hydrogen-bond donors (Lipinski definition) is 0. The van der Waals surface area contributed by atoms with Gasteiger partial charge in [0.15, 0.2) is 0 Å². The van der Waals surface area contributed by atoms with Gasteiger partial charge in [-0.25, -0.2) is 0 Å². The van der Waals surface area contributed by atoms with Crippen LogP contribution < -0.4 is 14.4 Å². The first-order valence-corrected chi connectivity index (χ1v) is 10.0. The van der Waals surface area contributed by atoms with Gasteiger partial charge in [0.05, 0.1) is 5.30 Å². The van der Waals surface area contributed by atoms with Crippen molar-refractivity contribution in [1.29, 1.82) is 0 Å². The Bertz CT molecular complexity index is 769. The van der Waals surface area contributed by atoms with Crippen LogP contribution in [0.4, 0.5) is 0 Å². The molecule has 0 atom stereocenters. The third-order valence-electron chi connectivity index (χ3n) is 3.77. The van der Waals surface area contributed by atoms with Gasteiger partial charge in [-0.05, 0) is 47.7 Å². The van der Waals surface area contributed by atoms with E-state index in [0.29, 0.717) is 0 Å². The minimum absolute atomic E-state index is 0.191. The predicted octanol–water partition coefficient (Wildman–Crippen LogP) is 6.37. The summed E-state index contributed by atoms with van der Waals surface area (Å²) >= 11 is 0. The second kappa shape index (κ2) is 8.38. The molecule has 0 bridgehead atoms. The van der Waals surface area contributed by atoms with Crippen molar-refractivity contribution < 1.29 is 9.05 Å². The maximum atomic E-state index is 6.30. The highest BCUT2D eigenvalue weighted by Crippen LogP contribution is 2.41. The molecule has 0 aliphatic heterocycles. The highest BCUT2D eigenvalue weighted by Gasteiger charge is 2.24. The summed E-state index contributed by atoms with van der Waals surface area (Å²) in [4.78, 5) is 0. The van der Waals surface area contributed by atoms with Crippen molar-refractivity contribution in [2.45, 2.75) is 27.2 Å². The molecule has 0 spiro atoms. The predicted molar refractivity (Wildman–Crippen MR) is 110 cm³/mol. The van der Waals surface area contributed by atoms with E-state index < -0.39 is 8.38 Å². The van der Waals surface area contributed by atoms with E-state index in [4.69, 9.17) is 9.05 Å². The molecular formula is C23H25O2P. The first kappa shape index (κ1) is 18.5. The van der Waals surface area contributed by atoms with Crippen LogP contribution in [-0.2, 0) is 6.42 Å². The van der Waals surface area contributed by atoms with Gasteiger partial charge in [-0.3, -0.25) is 0 Å². The minimum Gasteiger partial charge on any atom is -0.435 e. The zero-order valence-corrected chi connectivity index (χ0v) is 16.4. The molecule has 0 N–H and O–H groups in total. The summed E-state index contributed by atoms with van der Waals surface area (Å²) in [5, 5.41) is 1.13. The highest BCUT2D eigenvalue weighted by atomic mass is 31.2. The summed E-state index contributed by atoms with van der Waals surface area (Å²) < 4.78 is 12.6. The third-order valence-corrected chi connectivity index (χ3v) is 5.36. The first-order valence-electron chi connectivity index (χ1n) is 8.85. The van der Waals surface area contributed by atoms with Gasteiger partial charge in [-0.15, -0.1) is 0 Å². The number of benzene rings is 3. The molecule has 0 saturated carbocycles. The fourth-order valence-corrected chi connectivity index (χ4v) is 4.14. The Kier molecular flexibility index (Phi) is 5.96. The molecule has 3 aromatic rings. The lowest BCUT2D eigenvalue weighted by atomic mass is 9.88. The smallest absolute Gasteiger partial charge is 0.326 e. The van der Waals surface area contributed by atoms with Crippen LogP contribution in [0.25, 0.3) is 0 Å². The largest absolute Gasteiger partial charge is 0.435 e. The summed E-state index contributed by atoms with van der Waals surface area (Å²) in [7, 11) is -1.28. The Morgan fingerprint density at radius 2 is 1.12 bits per heavy atom. The van der Waals surface area contributed by atoms with E-state index in [1.807, 2.05) is 60.7 Å². The fraction of sp³-hybridized carbons (Fsp3) is 0.217. The van der Waals surface area contributed by atoms with Crippen LogP contribution in [0.3, 0.4) is 0 Å². The Balaban J connectivity index is 1.95. The summed E-state index contributed by atoms with van der Waals surface area (Å²) in [6, 6.07) is 28.2. The molecule has 134 valence electrons. The Morgan fingerprint density at radius 1 is 0.654 bits per heavy atom. The van der Waals surface area contributed by atoms with Gasteiger partial charge >= 0.3 is 8.38 Å². The molecule has 2 nitrogen and oxygen atoms in total. The lowest BCUT2D eigenvalue weighted by molar-refractivity contribution is 0.411. The number of rotatable bonds is 6. The summed E-state index contributed by atoms with van der Waals surface area (Å²) in [5.74, 6) is 1.64. The van der Waals surface area contributed by atoms with Crippen molar-refractivity contribution in [2.75, 3.05) is 0 Å². The molecule has 3 rings (SSSR count). The average Bonchev–Trinajstić information content (AvgIpc) is 2.62. The van der Waals surface area contributed by atoms with Crippen LogP contribution in [0.15, 0.2) is 84.9 Å². The zero-order chi connectivity index (χ0) is 18.4. The molecule has 0 saturated heterocycles. The standard InChI is InChI=1S/C23H25O2P/c1-23(2,3)18-19-12-10-11-17-22(19)26(24-20-13-6-4-7-14-20)25-21-15-8-5-9-16-21/h4-17H,18H2,1-3H3. The van der Waals surface area contributed by atoms with E-state index in [1.165, 1.54) is 5.56 Å². The normalized spacial score (nSPS) is 11.4. The van der Waals surface area contributed by atoms with E-state index in [2.05, 4.69) is 45.0 Å². The molecule has 3 heteroatoms. The Hall–Kier alpha value is -2.31. The molecule has 0 heterocycles. The van der Waals surface area contributed by atoms with E-state index in [9.17, 15) is 0 Å². The monoisotopic (exact) mass is 364 g/mol. The maximum absolute atomic E-state index is 6.30. The van der Waals surface area contributed by atoms with Gasteiger partial charge in [-0.1, -0.05) is 75.4 Å². The fourth-order valence-electron chi connectivity index (χ4n) is 2.68. The Labute approximate surface area is 157 Å². The third kappa shape index (κ3) is 5.34. The van der Waals surface area contributed by atoms with Gasteiger partial charge in [-0.2, -0.15) is 0 Å². The zero-order valence-electron chi connectivity index (χ0n) is 15.6. The molecule has 0 amide bonds. The minimum atomic E-state index is -1.28. The molecule has 0 radical (unpaired) electrons. The molecule has 0 aromatic heterocycles. The molecule has 0 aliphatic carbocycles. The highest BCUT2D eigenvalue weighted by molar-refractivity contribution is 7.56. The second-order valence-corrected chi connectivity index (χ2v) is 8.79. The van der Waals surface area contributed by atoms with Crippen LogP contribution in [0.2, 0.25) is 0 Å². The average molecular weight is 364 g/mol. The van der Waals surface area contributed by atoms with Crippen molar-refractivity contribution in [1.82, 2.24) is 0 Å². The van der Waals surface area contributed by atoms with Crippen LogP contribution in [0, 0.1) is 5.41 Å². The maximum Gasteiger partial charge on any atom is 0.326 e. The molecule has 0 aliphatic rings. The molecule has 3 aromatic carbocycles. The van der Waals surface area contributed by atoms with Gasteiger partial charge in [0, 0.05) is 0 Å². The van der Waals surface area contributed by atoms with E-state index >= 15 is 0 Å². The lowest BCUT2D eigenvalue weighted by Crippen LogP contribution is -2.19. The van der Waals surface area contributed by atoms with Crippen LogP contribution >= 0.6 is 8.38 Å². The number of hydrogen-bond acceptors (Lipinski definition) is 2. The van der Waals surface area contributed by atoms with Gasteiger partial charge in [0.25, 0.3) is 0 Å². The molecular weight excluding hydrogens is 339 g/mol. The Morgan fingerprint density at radius 3 is 1.62 bits per heavy atom. The summed E-state index contributed by atoms with van der Waals surface area (Å²) in [5.41, 5.74) is 1.47.